The summed E-state index contributed by atoms with van der Waals surface area (Å²) < 4.78 is 0. The van der Waals surface area contributed by atoms with Gasteiger partial charge in [0.15, 0.2) is 0 Å². The molecule has 0 unspecified atom stereocenters. The summed E-state index contributed by atoms with van der Waals surface area (Å²) in [6.45, 7) is 3.93. The number of nitriles is 1. The van der Waals surface area contributed by atoms with Gasteiger partial charge in [-0.1, -0.05) is 30.3 Å². The summed E-state index contributed by atoms with van der Waals surface area (Å²) in [5.41, 5.74) is 1.03. The highest BCUT2D eigenvalue weighted by Gasteiger charge is 1.84. The monoisotopic (exact) mass is 160 g/mol. The molecular formula is C9H8N2O. The number of isocyanates is 1. The van der Waals surface area contributed by atoms with Crippen LogP contribution < -0.4 is 0 Å². The molecule has 0 aromatic heterocycles. The minimum Gasteiger partial charge on any atom is -0.211 e. The molecule has 0 saturated carbocycles. The van der Waals surface area contributed by atoms with Gasteiger partial charge in [-0.3, -0.25) is 0 Å². The minimum atomic E-state index is 0.435. The topological polar surface area (TPSA) is 53.2 Å². The fourth-order valence-electron chi connectivity index (χ4n) is 0.707. The molecule has 0 radical (unpaired) electrons. The van der Waals surface area contributed by atoms with E-state index in [1.165, 1.54) is 6.08 Å². The SMILES string of the molecule is C#N.O=C=NCc1ccccc1. The van der Waals surface area contributed by atoms with Gasteiger partial charge < -0.3 is 0 Å². The number of aliphatic imine (C=N–C) groups is 1. The Kier molecular flexibility index (Phi) is 6.05. The Labute approximate surface area is 71.0 Å². The van der Waals surface area contributed by atoms with Crippen LogP contribution in [0.25, 0.3) is 0 Å². The molecule has 0 amide bonds. The number of carbonyl (C=O) groups excluding carboxylic acids is 1. The first kappa shape index (κ1) is 10.1. The van der Waals surface area contributed by atoms with E-state index in [9.17, 15) is 4.79 Å². The second-order valence-corrected chi connectivity index (χ2v) is 1.89. The minimum absolute atomic E-state index is 0.435. The summed E-state index contributed by atoms with van der Waals surface area (Å²) in [6.07, 6.45) is 1.49. The predicted octanol–water partition coefficient (Wildman–Crippen LogP) is 1.66. The second-order valence-electron chi connectivity index (χ2n) is 1.89. The van der Waals surface area contributed by atoms with Crippen molar-refractivity contribution in [1.82, 2.24) is 0 Å². The van der Waals surface area contributed by atoms with Crippen molar-refractivity contribution in [2.75, 3.05) is 0 Å². The van der Waals surface area contributed by atoms with Crippen LogP contribution in [0, 0.1) is 11.8 Å². The first-order chi connectivity index (χ1) is 5.93. The Morgan fingerprint density at radius 3 is 2.42 bits per heavy atom. The van der Waals surface area contributed by atoms with E-state index in [4.69, 9.17) is 5.26 Å². The van der Waals surface area contributed by atoms with Gasteiger partial charge in [0.1, 0.15) is 0 Å². The molecule has 1 aromatic carbocycles. The molecule has 0 bridgehead atoms. The summed E-state index contributed by atoms with van der Waals surface area (Å²) in [6, 6.07) is 9.58. The fourth-order valence-corrected chi connectivity index (χ4v) is 0.707. The number of nitrogens with zero attached hydrogens (tertiary/aromatic N) is 2. The standard InChI is InChI=1S/C8H7NO.CHN/c10-7-9-6-8-4-2-1-3-5-8;1-2/h1-5H,6H2;1H. The Bertz CT molecular complexity index is 273. The van der Waals surface area contributed by atoms with Crippen LogP contribution in [0.4, 0.5) is 0 Å². The zero-order chi connectivity index (χ0) is 9.23. The number of rotatable bonds is 2. The van der Waals surface area contributed by atoms with Gasteiger partial charge in [0, 0.05) is 6.57 Å². The lowest BCUT2D eigenvalue weighted by atomic mass is 10.2. The number of benzene rings is 1. The highest BCUT2D eigenvalue weighted by Crippen LogP contribution is 1.98. The van der Waals surface area contributed by atoms with Gasteiger partial charge in [0.05, 0.1) is 6.54 Å². The third-order valence-electron chi connectivity index (χ3n) is 1.17. The number of hydrogen-bond donors (Lipinski definition) is 0. The Morgan fingerprint density at radius 2 is 1.92 bits per heavy atom. The van der Waals surface area contributed by atoms with Crippen LogP contribution in [0.2, 0.25) is 0 Å². The zero-order valence-corrected chi connectivity index (χ0v) is 6.47. The maximum Gasteiger partial charge on any atom is 0.235 e. The van der Waals surface area contributed by atoms with Crippen molar-refractivity contribution < 1.29 is 4.79 Å². The van der Waals surface area contributed by atoms with E-state index < -0.39 is 0 Å². The van der Waals surface area contributed by atoms with Crippen LogP contribution in [-0.4, -0.2) is 6.08 Å². The van der Waals surface area contributed by atoms with E-state index in [1.807, 2.05) is 30.3 Å². The lowest BCUT2D eigenvalue weighted by Crippen LogP contribution is -1.77. The molecular weight excluding hydrogens is 152 g/mol. The predicted molar refractivity (Wildman–Crippen MR) is 44.9 cm³/mol. The molecule has 60 valence electrons. The van der Waals surface area contributed by atoms with Crippen molar-refractivity contribution in [3.63, 3.8) is 0 Å². The molecule has 0 saturated heterocycles. The first-order valence-corrected chi connectivity index (χ1v) is 3.27. The van der Waals surface area contributed by atoms with E-state index in [0.29, 0.717) is 6.54 Å². The molecule has 0 spiro atoms. The third-order valence-corrected chi connectivity index (χ3v) is 1.17. The largest absolute Gasteiger partial charge is 0.235 e. The van der Waals surface area contributed by atoms with Gasteiger partial charge in [0.25, 0.3) is 0 Å². The van der Waals surface area contributed by atoms with E-state index >= 15 is 0 Å². The molecule has 3 nitrogen and oxygen atoms in total. The molecule has 3 heteroatoms. The summed E-state index contributed by atoms with van der Waals surface area (Å²) in [7, 11) is 0. The van der Waals surface area contributed by atoms with Gasteiger partial charge in [-0.2, -0.15) is 0 Å². The summed E-state index contributed by atoms with van der Waals surface area (Å²) >= 11 is 0. The average Bonchev–Trinajstić information content (AvgIpc) is 2.19. The van der Waals surface area contributed by atoms with E-state index in [2.05, 4.69) is 11.6 Å². The van der Waals surface area contributed by atoms with E-state index in [0.717, 1.165) is 5.56 Å². The van der Waals surface area contributed by atoms with Crippen molar-refractivity contribution in [2.24, 2.45) is 4.99 Å². The summed E-state index contributed by atoms with van der Waals surface area (Å²) in [5, 5.41) is 6.50. The molecule has 0 atom stereocenters. The van der Waals surface area contributed by atoms with Crippen LogP contribution in [0.5, 0.6) is 0 Å². The van der Waals surface area contributed by atoms with Gasteiger partial charge in [-0.25, -0.2) is 15.0 Å². The van der Waals surface area contributed by atoms with Crippen LogP contribution in [0.15, 0.2) is 35.3 Å². The molecule has 0 N–H and O–H groups in total. The zero-order valence-electron chi connectivity index (χ0n) is 6.47. The molecule has 1 rings (SSSR count). The normalized spacial score (nSPS) is 7.17. The van der Waals surface area contributed by atoms with Gasteiger partial charge in [-0.15, -0.1) is 0 Å². The molecule has 12 heavy (non-hydrogen) atoms. The Morgan fingerprint density at radius 1 is 1.33 bits per heavy atom. The number of hydrogen-bond acceptors (Lipinski definition) is 3. The maximum atomic E-state index is 9.69. The molecule has 0 fully saturated rings. The van der Waals surface area contributed by atoms with Crippen molar-refractivity contribution >= 4 is 6.08 Å². The van der Waals surface area contributed by atoms with Crippen LogP contribution >= 0.6 is 0 Å². The van der Waals surface area contributed by atoms with Crippen LogP contribution in [0.3, 0.4) is 0 Å². The summed E-state index contributed by atoms with van der Waals surface area (Å²) in [4.78, 5) is 13.1. The lowest BCUT2D eigenvalue weighted by molar-refractivity contribution is 0.563. The highest BCUT2D eigenvalue weighted by atomic mass is 16.1. The van der Waals surface area contributed by atoms with Gasteiger partial charge >= 0.3 is 0 Å². The molecule has 0 aliphatic heterocycles. The van der Waals surface area contributed by atoms with Gasteiger partial charge in [0.2, 0.25) is 6.08 Å². The lowest BCUT2D eigenvalue weighted by Gasteiger charge is -1.89. The third kappa shape index (κ3) is 3.99. The Balaban J connectivity index is 0.000000561. The first-order valence-electron chi connectivity index (χ1n) is 3.27. The Hall–Kier alpha value is -1.91. The van der Waals surface area contributed by atoms with E-state index in [1.54, 1.807) is 0 Å². The molecule has 0 heterocycles. The van der Waals surface area contributed by atoms with Crippen LogP contribution in [-0.2, 0) is 11.3 Å². The van der Waals surface area contributed by atoms with E-state index in [-0.39, 0.29) is 0 Å². The van der Waals surface area contributed by atoms with Gasteiger partial charge in [-0.05, 0) is 5.56 Å². The van der Waals surface area contributed by atoms with Crippen molar-refractivity contribution in [3.8, 4) is 6.57 Å². The fraction of sp³-hybridized carbons (Fsp3) is 0.111. The molecule has 0 aliphatic rings. The van der Waals surface area contributed by atoms with Crippen molar-refractivity contribution in [3.05, 3.63) is 35.9 Å². The van der Waals surface area contributed by atoms with Crippen molar-refractivity contribution in [2.45, 2.75) is 6.54 Å². The maximum absolute atomic E-state index is 9.69. The van der Waals surface area contributed by atoms with Crippen LogP contribution in [0.1, 0.15) is 5.56 Å². The summed E-state index contributed by atoms with van der Waals surface area (Å²) in [5.74, 6) is 0. The smallest absolute Gasteiger partial charge is 0.211 e. The average molecular weight is 160 g/mol. The molecule has 0 aliphatic carbocycles. The molecule has 1 aromatic rings. The highest BCUT2D eigenvalue weighted by molar-refractivity contribution is 5.33. The van der Waals surface area contributed by atoms with Crippen molar-refractivity contribution in [1.29, 1.82) is 5.26 Å². The second kappa shape index (κ2) is 7.20. The quantitative estimate of drug-likeness (QED) is 0.488.